The molecule has 0 spiro atoms. The van der Waals surface area contributed by atoms with Crippen molar-refractivity contribution in [3.8, 4) is 5.75 Å². The molecule has 0 saturated heterocycles. The van der Waals surface area contributed by atoms with Gasteiger partial charge in [-0.1, -0.05) is 32.6 Å². The number of amides is 1. The fourth-order valence-corrected chi connectivity index (χ4v) is 3.51. The van der Waals surface area contributed by atoms with Gasteiger partial charge in [0.15, 0.2) is 12.8 Å². The first kappa shape index (κ1) is 23.4. The molecule has 1 aliphatic heterocycles. The Morgan fingerprint density at radius 1 is 1.17 bits per heavy atom. The Morgan fingerprint density at radius 3 is 2.69 bits per heavy atom. The SMILES string of the molecule is CCCCCCCC[N+](=CCCCOc1ccc2c(c1)C(C)(C)OC(=O)N2)OS. The van der Waals surface area contributed by atoms with Gasteiger partial charge in [0.05, 0.1) is 12.3 Å². The number of carbonyl (C=O) groups is 1. The van der Waals surface area contributed by atoms with Crippen LogP contribution in [0.4, 0.5) is 10.5 Å². The van der Waals surface area contributed by atoms with Crippen LogP contribution in [-0.4, -0.2) is 30.2 Å². The molecule has 6 nitrogen and oxygen atoms in total. The van der Waals surface area contributed by atoms with Crippen molar-refractivity contribution in [2.45, 2.75) is 77.7 Å². The third-order valence-electron chi connectivity index (χ3n) is 5.01. The number of cyclic esters (lactones) is 1. The van der Waals surface area contributed by atoms with E-state index in [1.54, 1.807) is 4.74 Å². The summed E-state index contributed by atoms with van der Waals surface area (Å²) in [4.78, 5) is 11.6. The Hall–Kier alpha value is -1.89. The van der Waals surface area contributed by atoms with E-state index in [1.165, 1.54) is 32.1 Å². The van der Waals surface area contributed by atoms with Crippen LogP contribution in [-0.2, 0) is 14.6 Å². The maximum absolute atomic E-state index is 11.6. The number of hydrogen-bond donors (Lipinski definition) is 2. The van der Waals surface area contributed by atoms with Crippen molar-refractivity contribution in [1.29, 1.82) is 0 Å². The van der Waals surface area contributed by atoms with Gasteiger partial charge in [-0.25, -0.2) is 9.08 Å². The fourth-order valence-electron chi connectivity index (χ4n) is 3.36. The maximum Gasteiger partial charge on any atom is 0.412 e. The van der Waals surface area contributed by atoms with Crippen molar-refractivity contribution in [1.82, 2.24) is 0 Å². The molecule has 1 aromatic carbocycles. The third-order valence-corrected chi connectivity index (χ3v) is 5.22. The highest BCUT2D eigenvalue weighted by Gasteiger charge is 2.33. The number of carbonyl (C=O) groups excluding carboxylic acids is 1. The number of thiol groups is 1. The molecule has 1 N–H and O–H groups in total. The number of nitrogens with zero attached hydrogens (tertiary/aromatic N) is 1. The number of benzene rings is 1. The first-order chi connectivity index (χ1) is 14.0. The summed E-state index contributed by atoms with van der Waals surface area (Å²) in [6.45, 7) is 7.44. The maximum atomic E-state index is 11.6. The molecule has 0 radical (unpaired) electrons. The second-order valence-electron chi connectivity index (χ2n) is 7.90. The molecule has 162 valence electrons. The molecule has 1 aliphatic rings. The van der Waals surface area contributed by atoms with Gasteiger partial charge in [-0.15, -0.1) is 0 Å². The lowest BCUT2D eigenvalue weighted by Crippen LogP contribution is -2.34. The number of nitrogens with one attached hydrogen (secondary N) is 1. The molecule has 0 saturated carbocycles. The molecular formula is C22H35N2O4S+. The molecule has 7 heteroatoms. The largest absolute Gasteiger partial charge is 0.494 e. The zero-order valence-electron chi connectivity index (χ0n) is 17.9. The zero-order valence-corrected chi connectivity index (χ0v) is 18.8. The molecule has 0 unspecified atom stereocenters. The van der Waals surface area contributed by atoms with Crippen LogP contribution in [0.25, 0.3) is 0 Å². The molecule has 1 amide bonds. The summed E-state index contributed by atoms with van der Waals surface area (Å²) in [5.41, 5.74) is 1.00. The summed E-state index contributed by atoms with van der Waals surface area (Å²) in [5, 5.41) is 2.72. The van der Waals surface area contributed by atoms with Gasteiger partial charge in [0, 0.05) is 18.4 Å². The van der Waals surface area contributed by atoms with Crippen LogP contribution in [0, 0.1) is 0 Å². The highest BCUT2D eigenvalue weighted by atomic mass is 32.1. The van der Waals surface area contributed by atoms with Crippen molar-refractivity contribution in [2.24, 2.45) is 0 Å². The van der Waals surface area contributed by atoms with Crippen molar-refractivity contribution >= 4 is 30.9 Å². The van der Waals surface area contributed by atoms with Crippen LogP contribution >= 0.6 is 12.9 Å². The van der Waals surface area contributed by atoms with E-state index in [4.69, 9.17) is 13.8 Å². The van der Waals surface area contributed by atoms with E-state index in [0.717, 1.165) is 42.8 Å². The number of hydrogen-bond acceptors (Lipinski definition) is 5. The van der Waals surface area contributed by atoms with E-state index in [2.05, 4.69) is 25.2 Å². The van der Waals surface area contributed by atoms with Gasteiger partial charge < -0.3 is 9.47 Å². The summed E-state index contributed by atoms with van der Waals surface area (Å²) < 4.78 is 18.2. The minimum absolute atomic E-state index is 0.427. The first-order valence-corrected chi connectivity index (χ1v) is 11.0. The van der Waals surface area contributed by atoms with Gasteiger partial charge >= 0.3 is 6.09 Å². The van der Waals surface area contributed by atoms with Gasteiger partial charge in [-0.05, 0) is 49.6 Å². The highest BCUT2D eigenvalue weighted by molar-refractivity contribution is 7.74. The molecule has 29 heavy (non-hydrogen) atoms. The van der Waals surface area contributed by atoms with Crippen LogP contribution in [0.5, 0.6) is 5.75 Å². The van der Waals surface area contributed by atoms with Crippen LogP contribution in [0.15, 0.2) is 18.2 Å². The second kappa shape index (κ2) is 12.0. The zero-order chi connectivity index (χ0) is 21.1. The average Bonchev–Trinajstić information content (AvgIpc) is 2.68. The normalized spacial score (nSPS) is 15.3. The van der Waals surface area contributed by atoms with E-state index in [-0.39, 0.29) is 0 Å². The standard InChI is InChI=1S/C22H34N2O4S/c1-4-5-6-7-8-9-14-24(28-29)15-10-11-16-26-18-12-13-20-19(17-18)22(2,3)27-21(25)23-20/h12-13,15,17H,4-11,14,16H2,1-3H3,(H-,23,25,29)/p+1. The van der Waals surface area contributed by atoms with Crippen molar-refractivity contribution < 1.29 is 23.3 Å². The van der Waals surface area contributed by atoms with E-state index in [0.29, 0.717) is 6.61 Å². The predicted octanol–water partition coefficient (Wildman–Crippen LogP) is 5.86. The van der Waals surface area contributed by atoms with E-state index in [9.17, 15) is 4.79 Å². The lowest BCUT2D eigenvalue weighted by Gasteiger charge is -2.32. The summed E-state index contributed by atoms with van der Waals surface area (Å²) in [5.74, 6) is 0.769. The molecule has 1 heterocycles. The van der Waals surface area contributed by atoms with Crippen LogP contribution in [0.3, 0.4) is 0 Å². The monoisotopic (exact) mass is 423 g/mol. The van der Waals surface area contributed by atoms with Crippen LogP contribution in [0.1, 0.15) is 77.7 Å². The van der Waals surface area contributed by atoms with Gasteiger partial charge in [0.2, 0.25) is 0 Å². The number of anilines is 1. The van der Waals surface area contributed by atoms with E-state index in [1.807, 2.05) is 38.3 Å². The van der Waals surface area contributed by atoms with Gasteiger partial charge in [-0.3, -0.25) is 5.32 Å². The summed E-state index contributed by atoms with van der Waals surface area (Å²) >= 11 is 3.95. The van der Waals surface area contributed by atoms with Crippen molar-refractivity contribution in [3.05, 3.63) is 23.8 Å². The number of unbranched alkanes of at least 4 members (excludes halogenated alkanes) is 6. The van der Waals surface area contributed by atoms with Crippen molar-refractivity contribution in [2.75, 3.05) is 18.5 Å². The molecule has 0 aromatic heterocycles. The van der Waals surface area contributed by atoms with E-state index < -0.39 is 11.7 Å². The minimum atomic E-state index is -0.675. The fraction of sp³-hybridized carbons (Fsp3) is 0.636. The Kier molecular flexibility index (Phi) is 9.64. The van der Waals surface area contributed by atoms with Crippen LogP contribution < -0.4 is 10.1 Å². The number of rotatable bonds is 13. The molecule has 0 bridgehead atoms. The minimum Gasteiger partial charge on any atom is -0.494 e. The highest BCUT2D eigenvalue weighted by Crippen LogP contribution is 2.37. The quantitative estimate of drug-likeness (QED) is 0.104. The lowest BCUT2D eigenvalue weighted by atomic mass is 9.94. The average molecular weight is 424 g/mol. The number of ether oxygens (including phenoxy) is 2. The Bertz CT molecular complexity index is 691. The topological polar surface area (TPSA) is 59.8 Å². The molecular weight excluding hydrogens is 388 g/mol. The van der Waals surface area contributed by atoms with Crippen LogP contribution in [0.2, 0.25) is 0 Å². The van der Waals surface area contributed by atoms with Gasteiger partial charge in [0.1, 0.15) is 24.3 Å². The predicted molar refractivity (Wildman–Crippen MR) is 119 cm³/mol. The van der Waals surface area contributed by atoms with E-state index >= 15 is 0 Å². The molecule has 0 aliphatic carbocycles. The van der Waals surface area contributed by atoms with Gasteiger partial charge in [0.25, 0.3) is 0 Å². The Morgan fingerprint density at radius 2 is 1.93 bits per heavy atom. The number of hydroxylamine groups is 1. The third kappa shape index (κ3) is 7.80. The molecule has 0 fully saturated rings. The molecule has 0 atom stereocenters. The lowest BCUT2D eigenvalue weighted by molar-refractivity contribution is -0.737. The molecule has 2 rings (SSSR count). The summed E-state index contributed by atoms with van der Waals surface area (Å²) in [6.07, 6.45) is 10.9. The Labute approximate surface area is 180 Å². The number of fused-ring (bicyclic) bond motifs is 1. The second-order valence-corrected chi connectivity index (χ2v) is 8.06. The Balaban J connectivity index is 1.72. The summed E-state index contributed by atoms with van der Waals surface area (Å²) in [6, 6.07) is 5.65. The molecule has 1 aromatic rings. The first-order valence-electron chi connectivity index (χ1n) is 10.6. The van der Waals surface area contributed by atoms with Gasteiger partial charge in [-0.2, -0.15) is 0 Å². The summed E-state index contributed by atoms with van der Waals surface area (Å²) in [7, 11) is 0. The van der Waals surface area contributed by atoms with Crippen molar-refractivity contribution in [3.63, 3.8) is 0 Å². The smallest absolute Gasteiger partial charge is 0.412 e.